The highest BCUT2D eigenvalue weighted by atomic mass is 32.1. The largest absolute Gasteiger partial charge is 0.261 e. The molecule has 0 saturated carbocycles. The van der Waals surface area contributed by atoms with E-state index in [2.05, 4.69) is 43.1 Å². The summed E-state index contributed by atoms with van der Waals surface area (Å²) >= 11 is 1.83. The Balaban J connectivity index is 2.02. The van der Waals surface area contributed by atoms with E-state index in [1.807, 2.05) is 17.5 Å². The summed E-state index contributed by atoms with van der Waals surface area (Å²) in [6.07, 6.45) is 6.94. The van der Waals surface area contributed by atoms with Crippen LogP contribution in [-0.2, 0) is 6.42 Å². The van der Waals surface area contributed by atoms with Crippen LogP contribution in [0.25, 0.3) is 10.4 Å². The van der Waals surface area contributed by atoms with Crippen LogP contribution in [0.5, 0.6) is 0 Å². The molecule has 0 spiro atoms. The van der Waals surface area contributed by atoms with Crippen LogP contribution in [0.15, 0.2) is 30.5 Å². The molecule has 0 aliphatic carbocycles. The molecule has 0 unspecified atom stereocenters. The molecular formula is C15H19NS. The number of hydrogen-bond acceptors (Lipinski definition) is 2. The zero-order valence-corrected chi connectivity index (χ0v) is 11.4. The second kappa shape index (κ2) is 5.97. The van der Waals surface area contributed by atoms with Crippen LogP contribution < -0.4 is 0 Å². The van der Waals surface area contributed by atoms with Crippen molar-refractivity contribution in [2.45, 2.75) is 39.5 Å². The van der Waals surface area contributed by atoms with E-state index in [1.54, 1.807) is 0 Å². The van der Waals surface area contributed by atoms with Crippen molar-refractivity contribution in [3.63, 3.8) is 0 Å². The first-order valence-corrected chi connectivity index (χ1v) is 7.13. The lowest BCUT2D eigenvalue weighted by Crippen LogP contribution is -1.89. The Hall–Kier alpha value is -1.15. The average Bonchev–Trinajstić information content (AvgIpc) is 2.77. The quantitative estimate of drug-likeness (QED) is 0.686. The molecule has 0 aliphatic heterocycles. The van der Waals surface area contributed by atoms with E-state index < -0.39 is 0 Å². The third-order valence-corrected chi connectivity index (χ3v) is 3.94. The van der Waals surface area contributed by atoms with Gasteiger partial charge in [-0.2, -0.15) is 0 Å². The van der Waals surface area contributed by atoms with Crippen molar-refractivity contribution < 1.29 is 0 Å². The number of rotatable bonds is 5. The lowest BCUT2D eigenvalue weighted by atomic mass is 10.1. The molecule has 0 aliphatic rings. The highest BCUT2D eigenvalue weighted by molar-refractivity contribution is 7.15. The Morgan fingerprint density at radius 3 is 2.59 bits per heavy atom. The summed E-state index contributed by atoms with van der Waals surface area (Å²) in [6, 6.07) is 8.70. The van der Waals surface area contributed by atoms with Crippen molar-refractivity contribution in [1.82, 2.24) is 4.98 Å². The Kier molecular flexibility index (Phi) is 4.32. The average molecular weight is 245 g/mol. The van der Waals surface area contributed by atoms with E-state index in [4.69, 9.17) is 0 Å². The molecule has 17 heavy (non-hydrogen) atoms. The van der Waals surface area contributed by atoms with Gasteiger partial charge in [0, 0.05) is 27.2 Å². The maximum atomic E-state index is 4.54. The van der Waals surface area contributed by atoms with Crippen molar-refractivity contribution in [3.05, 3.63) is 41.0 Å². The predicted octanol–water partition coefficient (Wildman–Crippen LogP) is 4.85. The van der Waals surface area contributed by atoms with Gasteiger partial charge < -0.3 is 0 Å². The van der Waals surface area contributed by atoms with Gasteiger partial charge in [0.25, 0.3) is 0 Å². The maximum absolute atomic E-state index is 4.54. The first-order chi connectivity index (χ1) is 8.29. The van der Waals surface area contributed by atoms with E-state index in [1.165, 1.54) is 40.3 Å². The van der Waals surface area contributed by atoms with E-state index in [-0.39, 0.29) is 0 Å². The number of pyridine rings is 1. The van der Waals surface area contributed by atoms with Crippen LogP contribution in [0.4, 0.5) is 0 Å². The molecule has 2 rings (SSSR count). The highest BCUT2D eigenvalue weighted by Gasteiger charge is 2.01. The summed E-state index contributed by atoms with van der Waals surface area (Å²) in [5.74, 6) is 0. The molecule has 0 N–H and O–H groups in total. The van der Waals surface area contributed by atoms with Gasteiger partial charge in [0.15, 0.2) is 0 Å². The Morgan fingerprint density at radius 1 is 1.12 bits per heavy atom. The molecule has 0 bridgehead atoms. The molecule has 2 heterocycles. The second-order valence-corrected chi connectivity index (χ2v) is 5.69. The molecule has 0 radical (unpaired) electrons. The molecular weight excluding hydrogens is 226 g/mol. The Bertz CT molecular complexity index is 456. The summed E-state index contributed by atoms with van der Waals surface area (Å²) in [6.45, 7) is 4.37. The first kappa shape index (κ1) is 12.3. The standard InChI is InChI=1S/C15H19NS/c1-3-4-5-6-14-9-8-13(11-16-14)15-10-7-12(2)17-15/h7-11H,3-6H2,1-2H3. The maximum Gasteiger partial charge on any atom is 0.0404 e. The van der Waals surface area contributed by atoms with Crippen molar-refractivity contribution in [2.75, 3.05) is 0 Å². The molecule has 2 aromatic rings. The monoisotopic (exact) mass is 245 g/mol. The Labute approximate surface area is 108 Å². The minimum absolute atomic E-state index is 1.11. The van der Waals surface area contributed by atoms with Crippen molar-refractivity contribution >= 4 is 11.3 Å². The number of thiophene rings is 1. The number of hydrogen-bond donors (Lipinski definition) is 0. The van der Waals surface area contributed by atoms with Crippen LogP contribution in [0.2, 0.25) is 0 Å². The smallest absolute Gasteiger partial charge is 0.0404 e. The van der Waals surface area contributed by atoms with Crippen LogP contribution in [-0.4, -0.2) is 4.98 Å². The van der Waals surface area contributed by atoms with E-state index >= 15 is 0 Å². The second-order valence-electron chi connectivity index (χ2n) is 4.41. The van der Waals surface area contributed by atoms with Gasteiger partial charge in [0.1, 0.15) is 0 Å². The minimum Gasteiger partial charge on any atom is -0.261 e. The van der Waals surface area contributed by atoms with Crippen LogP contribution >= 0.6 is 11.3 Å². The normalized spacial score (nSPS) is 10.7. The van der Waals surface area contributed by atoms with Gasteiger partial charge in [-0.15, -0.1) is 11.3 Å². The van der Waals surface area contributed by atoms with Gasteiger partial charge in [0.05, 0.1) is 0 Å². The zero-order chi connectivity index (χ0) is 12.1. The summed E-state index contributed by atoms with van der Waals surface area (Å²) in [5, 5.41) is 0. The van der Waals surface area contributed by atoms with Crippen molar-refractivity contribution in [1.29, 1.82) is 0 Å². The fourth-order valence-electron chi connectivity index (χ4n) is 1.86. The van der Waals surface area contributed by atoms with E-state index in [0.717, 1.165) is 6.42 Å². The van der Waals surface area contributed by atoms with Gasteiger partial charge in [-0.05, 0) is 38.0 Å². The Morgan fingerprint density at radius 2 is 2.00 bits per heavy atom. The molecule has 0 saturated heterocycles. The molecule has 0 aromatic carbocycles. The van der Waals surface area contributed by atoms with Crippen LogP contribution in [0, 0.1) is 6.92 Å². The number of nitrogens with zero attached hydrogens (tertiary/aromatic N) is 1. The number of aryl methyl sites for hydroxylation is 2. The summed E-state index contributed by atoms with van der Waals surface area (Å²) in [7, 11) is 0. The number of aromatic nitrogens is 1. The topological polar surface area (TPSA) is 12.9 Å². The van der Waals surface area contributed by atoms with Crippen LogP contribution in [0.1, 0.15) is 36.8 Å². The zero-order valence-electron chi connectivity index (χ0n) is 10.6. The fraction of sp³-hybridized carbons (Fsp3) is 0.400. The van der Waals surface area contributed by atoms with Gasteiger partial charge >= 0.3 is 0 Å². The van der Waals surface area contributed by atoms with Gasteiger partial charge in [-0.3, -0.25) is 4.98 Å². The van der Waals surface area contributed by atoms with Gasteiger partial charge in [-0.1, -0.05) is 25.8 Å². The summed E-state index contributed by atoms with van der Waals surface area (Å²) in [5.41, 5.74) is 2.46. The van der Waals surface area contributed by atoms with E-state index in [0.29, 0.717) is 0 Å². The SMILES string of the molecule is CCCCCc1ccc(-c2ccc(C)s2)cn1. The summed E-state index contributed by atoms with van der Waals surface area (Å²) in [4.78, 5) is 7.21. The van der Waals surface area contributed by atoms with Crippen molar-refractivity contribution in [3.8, 4) is 10.4 Å². The van der Waals surface area contributed by atoms with Crippen LogP contribution in [0.3, 0.4) is 0 Å². The third-order valence-electron chi connectivity index (χ3n) is 2.89. The molecule has 0 atom stereocenters. The lowest BCUT2D eigenvalue weighted by Gasteiger charge is -2.01. The fourth-order valence-corrected chi connectivity index (χ4v) is 2.72. The number of unbranched alkanes of at least 4 members (excludes halogenated alkanes) is 2. The van der Waals surface area contributed by atoms with Gasteiger partial charge in [0.2, 0.25) is 0 Å². The van der Waals surface area contributed by atoms with Gasteiger partial charge in [-0.25, -0.2) is 0 Å². The molecule has 2 aromatic heterocycles. The summed E-state index contributed by atoms with van der Waals surface area (Å²) < 4.78 is 0. The molecule has 0 fully saturated rings. The van der Waals surface area contributed by atoms with Crippen molar-refractivity contribution in [2.24, 2.45) is 0 Å². The molecule has 90 valence electrons. The lowest BCUT2D eigenvalue weighted by molar-refractivity contribution is 0.707. The third kappa shape index (κ3) is 3.40. The molecule has 1 nitrogen and oxygen atoms in total. The first-order valence-electron chi connectivity index (χ1n) is 6.31. The van der Waals surface area contributed by atoms with E-state index in [9.17, 15) is 0 Å². The minimum atomic E-state index is 1.11. The predicted molar refractivity (Wildman–Crippen MR) is 75.5 cm³/mol. The highest BCUT2D eigenvalue weighted by Crippen LogP contribution is 2.27. The molecule has 2 heteroatoms. The molecule has 0 amide bonds.